The van der Waals surface area contributed by atoms with Gasteiger partial charge in [0.05, 0.1) is 6.61 Å². The first-order valence-electron chi connectivity index (χ1n) is 3.34. The molecule has 0 aliphatic rings. The molecule has 0 fully saturated rings. The number of halogens is 1. The smallest absolute Gasteiger partial charge is 0.224 e. The van der Waals surface area contributed by atoms with Crippen LogP contribution in [0.2, 0.25) is 0 Å². The number of nitrogens with zero attached hydrogens (tertiary/aromatic N) is 1. The van der Waals surface area contributed by atoms with Crippen LogP contribution >= 0.6 is 15.9 Å². The molecule has 0 aliphatic heterocycles. The Morgan fingerprint density at radius 2 is 2.17 bits per heavy atom. The fraction of sp³-hybridized carbons (Fsp3) is 0.667. The molecule has 0 heterocycles. The summed E-state index contributed by atoms with van der Waals surface area (Å²) in [6, 6.07) is 0. The van der Waals surface area contributed by atoms with E-state index in [9.17, 15) is 8.42 Å². The minimum absolute atomic E-state index is 0.111. The highest BCUT2D eigenvalue weighted by Gasteiger charge is 2.17. The van der Waals surface area contributed by atoms with Crippen LogP contribution < -0.4 is 0 Å². The van der Waals surface area contributed by atoms with Gasteiger partial charge in [-0.1, -0.05) is 22.0 Å². The molecule has 0 aromatic rings. The molecule has 0 unspecified atom stereocenters. The Morgan fingerprint density at radius 3 is 2.50 bits per heavy atom. The molecule has 0 rings (SSSR count). The van der Waals surface area contributed by atoms with Crippen LogP contribution in [0, 0.1) is 0 Å². The van der Waals surface area contributed by atoms with Crippen LogP contribution in [0.3, 0.4) is 0 Å². The lowest BCUT2D eigenvalue weighted by molar-refractivity contribution is 0.260. The molecule has 72 valence electrons. The quantitative estimate of drug-likeness (QED) is 0.545. The van der Waals surface area contributed by atoms with E-state index in [1.807, 2.05) is 0 Å². The fourth-order valence-electron chi connectivity index (χ4n) is 0.668. The van der Waals surface area contributed by atoms with Crippen molar-refractivity contribution < 1.29 is 13.5 Å². The summed E-state index contributed by atoms with van der Waals surface area (Å²) >= 11 is 2.87. The Bertz CT molecular complexity index is 227. The SMILES string of the molecule is C=CCN(CCO)S(=O)(=O)CBr. The molecular formula is C6H12BrNO3S. The Labute approximate surface area is 81.1 Å². The standard InChI is InChI=1S/C6H12BrNO3S/c1-2-3-8(4-5-9)12(10,11)6-7/h2,9H,1,3-6H2. The molecule has 12 heavy (non-hydrogen) atoms. The van der Waals surface area contributed by atoms with E-state index < -0.39 is 10.0 Å². The van der Waals surface area contributed by atoms with Crippen molar-refractivity contribution in [1.29, 1.82) is 0 Å². The van der Waals surface area contributed by atoms with Gasteiger partial charge in [-0.05, 0) is 0 Å². The molecule has 0 aromatic heterocycles. The maximum absolute atomic E-state index is 11.2. The van der Waals surface area contributed by atoms with Crippen molar-refractivity contribution in [3.05, 3.63) is 12.7 Å². The molecule has 1 N–H and O–H groups in total. The highest BCUT2D eigenvalue weighted by Crippen LogP contribution is 2.03. The number of alkyl halides is 1. The molecule has 0 radical (unpaired) electrons. The van der Waals surface area contributed by atoms with E-state index in [0.717, 1.165) is 4.31 Å². The first-order chi connectivity index (χ1) is 5.58. The lowest BCUT2D eigenvalue weighted by Gasteiger charge is -2.17. The van der Waals surface area contributed by atoms with Gasteiger partial charge in [0.25, 0.3) is 0 Å². The van der Waals surface area contributed by atoms with Gasteiger partial charge in [-0.15, -0.1) is 6.58 Å². The van der Waals surface area contributed by atoms with Crippen LogP contribution in [0.4, 0.5) is 0 Å². The van der Waals surface area contributed by atoms with E-state index in [1.54, 1.807) is 0 Å². The summed E-state index contributed by atoms with van der Waals surface area (Å²) in [4.78, 5) is 0. The molecule has 0 saturated heterocycles. The maximum Gasteiger partial charge on any atom is 0.224 e. The molecule has 0 spiro atoms. The van der Waals surface area contributed by atoms with Crippen molar-refractivity contribution in [2.75, 3.05) is 24.4 Å². The van der Waals surface area contributed by atoms with Gasteiger partial charge < -0.3 is 5.11 Å². The number of rotatable bonds is 6. The van der Waals surface area contributed by atoms with Crippen LogP contribution in [0.15, 0.2) is 12.7 Å². The van der Waals surface area contributed by atoms with Crippen LogP contribution in [-0.2, 0) is 10.0 Å². The highest BCUT2D eigenvalue weighted by atomic mass is 79.9. The average molecular weight is 258 g/mol. The maximum atomic E-state index is 11.2. The summed E-state index contributed by atoms with van der Waals surface area (Å²) in [6.45, 7) is 3.59. The third kappa shape index (κ3) is 3.66. The summed E-state index contributed by atoms with van der Waals surface area (Å²) in [5, 5.41) is 8.57. The molecule has 0 saturated carbocycles. The molecule has 4 nitrogen and oxygen atoms in total. The van der Waals surface area contributed by atoms with E-state index in [0.29, 0.717) is 0 Å². The van der Waals surface area contributed by atoms with E-state index in [1.165, 1.54) is 6.08 Å². The van der Waals surface area contributed by atoms with Crippen molar-refractivity contribution in [2.45, 2.75) is 0 Å². The summed E-state index contributed by atoms with van der Waals surface area (Å²) in [7, 11) is -3.27. The fourth-order valence-corrected chi connectivity index (χ4v) is 2.37. The third-order valence-electron chi connectivity index (χ3n) is 1.21. The zero-order valence-electron chi connectivity index (χ0n) is 6.61. The van der Waals surface area contributed by atoms with Crippen LogP contribution in [0.1, 0.15) is 0 Å². The van der Waals surface area contributed by atoms with Crippen molar-refractivity contribution in [2.24, 2.45) is 0 Å². The van der Waals surface area contributed by atoms with Crippen LogP contribution in [0.5, 0.6) is 0 Å². The van der Waals surface area contributed by atoms with E-state index in [2.05, 4.69) is 22.5 Å². The molecule has 6 heteroatoms. The zero-order valence-corrected chi connectivity index (χ0v) is 9.01. The number of hydrogen-bond acceptors (Lipinski definition) is 3. The molecule has 0 aromatic carbocycles. The molecule has 0 aliphatic carbocycles. The molecule has 0 amide bonds. The third-order valence-corrected chi connectivity index (χ3v) is 4.34. The summed E-state index contributed by atoms with van der Waals surface area (Å²) in [5.74, 6) is 0. The van der Waals surface area contributed by atoms with Gasteiger partial charge in [-0.3, -0.25) is 0 Å². The van der Waals surface area contributed by atoms with E-state index in [-0.39, 0.29) is 24.4 Å². The van der Waals surface area contributed by atoms with E-state index >= 15 is 0 Å². The second kappa shape index (κ2) is 5.69. The average Bonchev–Trinajstić information content (AvgIpc) is 2.04. The summed E-state index contributed by atoms with van der Waals surface area (Å²) in [6.07, 6.45) is 1.48. The Hall–Kier alpha value is 0.0900. The summed E-state index contributed by atoms with van der Waals surface area (Å²) in [5.41, 5.74) is 0. The van der Waals surface area contributed by atoms with Gasteiger partial charge >= 0.3 is 0 Å². The number of aliphatic hydroxyl groups is 1. The Balaban J connectivity index is 4.38. The van der Waals surface area contributed by atoms with Gasteiger partial charge in [0.15, 0.2) is 0 Å². The lowest BCUT2D eigenvalue weighted by Crippen LogP contribution is -2.34. The monoisotopic (exact) mass is 257 g/mol. The zero-order chi connectivity index (χ0) is 9.61. The lowest BCUT2D eigenvalue weighted by atomic mass is 10.6. The van der Waals surface area contributed by atoms with Crippen molar-refractivity contribution >= 4 is 26.0 Å². The van der Waals surface area contributed by atoms with Crippen LogP contribution in [-0.4, -0.2) is 42.2 Å². The number of hydrogen-bond donors (Lipinski definition) is 1. The predicted octanol–water partition coefficient (Wildman–Crippen LogP) is 0.149. The molecule has 0 bridgehead atoms. The Morgan fingerprint density at radius 1 is 1.58 bits per heavy atom. The first kappa shape index (κ1) is 12.1. The predicted molar refractivity (Wildman–Crippen MR) is 51.6 cm³/mol. The number of sulfonamides is 1. The van der Waals surface area contributed by atoms with Crippen molar-refractivity contribution in [1.82, 2.24) is 4.31 Å². The molecule has 0 atom stereocenters. The van der Waals surface area contributed by atoms with Gasteiger partial charge in [0, 0.05) is 13.1 Å². The second-order valence-corrected chi connectivity index (χ2v) is 5.36. The molecular weight excluding hydrogens is 246 g/mol. The second-order valence-electron chi connectivity index (χ2n) is 2.09. The van der Waals surface area contributed by atoms with E-state index in [4.69, 9.17) is 5.11 Å². The minimum Gasteiger partial charge on any atom is -0.395 e. The van der Waals surface area contributed by atoms with Gasteiger partial charge in [0.2, 0.25) is 10.0 Å². The first-order valence-corrected chi connectivity index (χ1v) is 6.07. The topological polar surface area (TPSA) is 57.6 Å². The Kier molecular flexibility index (Phi) is 5.73. The van der Waals surface area contributed by atoms with Gasteiger partial charge in [0.1, 0.15) is 4.66 Å². The normalized spacial score (nSPS) is 11.9. The number of aliphatic hydroxyl groups excluding tert-OH is 1. The van der Waals surface area contributed by atoms with Crippen molar-refractivity contribution in [3.63, 3.8) is 0 Å². The summed E-state index contributed by atoms with van der Waals surface area (Å²) < 4.78 is 23.4. The van der Waals surface area contributed by atoms with Gasteiger partial charge in [-0.2, -0.15) is 4.31 Å². The van der Waals surface area contributed by atoms with Crippen LogP contribution in [0.25, 0.3) is 0 Å². The van der Waals surface area contributed by atoms with Gasteiger partial charge in [-0.25, -0.2) is 8.42 Å². The van der Waals surface area contributed by atoms with Crippen molar-refractivity contribution in [3.8, 4) is 0 Å². The largest absolute Gasteiger partial charge is 0.395 e. The highest BCUT2D eigenvalue weighted by molar-refractivity contribution is 9.10. The minimum atomic E-state index is -3.27.